The van der Waals surface area contributed by atoms with Crippen molar-refractivity contribution in [2.75, 3.05) is 0 Å². The van der Waals surface area contributed by atoms with Crippen molar-refractivity contribution in [2.24, 2.45) is 0 Å². The zero-order valence-electron chi connectivity index (χ0n) is 12.2. The highest BCUT2D eigenvalue weighted by Gasteiger charge is 2.21. The van der Waals surface area contributed by atoms with Gasteiger partial charge in [-0.05, 0) is 44.4 Å². The molecule has 0 bridgehead atoms. The molecule has 0 aromatic heterocycles. The van der Waals surface area contributed by atoms with Crippen molar-refractivity contribution in [3.63, 3.8) is 0 Å². The third-order valence-electron chi connectivity index (χ3n) is 3.96. The first-order valence-electron chi connectivity index (χ1n) is 7.38. The van der Waals surface area contributed by atoms with Gasteiger partial charge < -0.3 is 5.32 Å². The second-order valence-electron chi connectivity index (χ2n) is 5.65. The standard InChI is InChI=1S/C16H23FN2O/c1-11(13-7-9-14(17)10-8-13)18-12(2)16(20)19-15-5-3-4-6-15/h7-12,15,18H,3-6H2,1-2H3,(H,19,20)/t11-,12?/m0/s1. The molecular formula is C16H23FN2O. The van der Waals surface area contributed by atoms with E-state index in [0.29, 0.717) is 6.04 Å². The van der Waals surface area contributed by atoms with Gasteiger partial charge in [0.15, 0.2) is 0 Å². The Labute approximate surface area is 120 Å². The summed E-state index contributed by atoms with van der Waals surface area (Å²) < 4.78 is 12.9. The number of hydrogen-bond donors (Lipinski definition) is 2. The van der Waals surface area contributed by atoms with Gasteiger partial charge in [-0.25, -0.2) is 4.39 Å². The Balaban J connectivity index is 1.84. The van der Waals surface area contributed by atoms with Crippen LogP contribution in [0.3, 0.4) is 0 Å². The number of hydrogen-bond acceptors (Lipinski definition) is 2. The van der Waals surface area contributed by atoms with Crippen LogP contribution in [0.4, 0.5) is 4.39 Å². The lowest BCUT2D eigenvalue weighted by atomic mass is 10.1. The summed E-state index contributed by atoms with van der Waals surface area (Å²) in [6.07, 6.45) is 4.59. The topological polar surface area (TPSA) is 41.1 Å². The minimum absolute atomic E-state index is 0.0138. The highest BCUT2D eigenvalue weighted by molar-refractivity contribution is 5.81. The van der Waals surface area contributed by atoms with E-state index in [1.807, 2.05) is 13.8 Å². The Bertz CT molecular complexity index is 440. The fourth-order valence-corrected chi connectivity index (χ4v) is 2.69. The van der Waals surface area contributed by atoms with Crippen molar-refractivity contribution in [3.05, 3.63) is 35.6 Å². The van der Waals surface area contributed by atoms with E-state index >= 15 is 0 Å². The summed E-state index contributed by atoms with van der Waals surface area (Å²) in [5, 5.41) is 6.34. The molecule has 4 heteroatoms. The first-order valence-corrected chi connectivity index (χ1v) is 7.38. The van der Waals surface area contributed by atoms with Crippen LogP contribution in [0.1, 0.15) is 51.1 Å². The van der Waals surface area contributed by atoms with Gasteiger partial charge >= 0.3 is 0 Å². The fourth-order valence-electron chi connectivity index (χ4n) is 2.69. The first-order chi connectivity index (χ1) is 9.56. The van der Waals surface area contributed by atoms with Crippen LogP contribution in [-0.4, -0.2) is 18.0 Å². The largest absolute Gasteiger partial charge is 0.352 e. The van der Waals surface area contributed by atoms with Crippen LogP contribution < -0.4 is 10.6 Å². The first kappa shape index (κ1) is 15.0. The highest BCUT2D eigenvalue weighted by atomic mass is 19.1. The van der Waals surface area contributed by atoms with Crippen molar-refractivity contribution in [1.82, 2.24) is 10.6 Å². The summed E-state index contributed by atoms with van der Waals surface area (Å²) in [6, 6.07) is 6.47. The van der Waals surface area contributed by atoms with Crippen LogP contribution in [0.25, 0.3) is 0 Å². The maximum absolute atomic E-state index is 12.9. The third kappa shape index (κ3) is 4.04. The second-order valence-corrected chi connectivity index (χ2v) is 5.65. The van der Waals surface area contributed by atoms with Gasteiger partial charge in [0, 0.05) is 12.1 Å². The van der Waals surface area contributed by atoms with Crippen molar-refractivity contribution < 1.29 is 9.18 Å². The summed E-state index contributed by atoms with van der Waals surface area (Å²) in [7, 11) is 0. The van der Waals surface area contributed by atoms with E-state index in [0.717, 1.165) is 18.4 Å². The van der Waals surface area contributed by atoms with Gasteiger partial charge in [0.1, 0.15) is 5.82 Å². The molecule has 0 heterocycles. The number of halogens is 1. The predicted molar refractivity (Wildman–Crippen MR) is 77.8 cm³/mol. The van der Waals surface area contributed by atoms with Crippen LogP contribution >= 0.6 is 0 Å². The SMILES string of the molecule is CC(N[C@@H](C)c1ccc(F)cc1)C(=O)NC1CCCC1. The predicted octanol–water partition coefficient (Wildman–Crippen LogP) is 2.92. The second kappa shape index (κ2) is 6.84. The lowest BCUT2D eigenvalue weighted by Gasteiger charge is -2.22. The summed E-state index contributed by atoms with van der Waals surface area (Å²) in [4.78, 5) is 12.1. The summed E-state index contributed by atoms with van der Waals surface area (Å²) in [6.45, 7) is 3.84. The maximum atomic E-state index is 12.9. The number of carbonyl (C=O) groups excluding carboxylic acids is 1. The Morgan fingerprint density at radius 3 is 2.40 bits per heavy atom. The zero-order chi connectivity index (χ0) is 14.5. The van der Waals surface area contributed by atoms with E-state index in [2.05, 4.69) is 10.6 Å². The Morgan fingerprint density at radius 2 is 1.80 bits per heavy atom. The molecule has 2 rings (SSSR count). The summed E-state index contributed by atoms with van der Waals surface area (Å²) in [5.41, 5.74) is 0.979. The molecular weight excluding hydrogens is 255 g/mol. The van der Waals surface area contributed by atoms with Gasteiger partial charge in [-0.15, -0.1) is 0 Å². The summed E-state index contributed by atoms with van der Waals surface area (Å²) in [5.74, 6) is -0.196. The van der Waals surface area contributed by atoms with Crippen molar-refractivity contribution in [2.45, 2.75) is 57.7 Å². The molecule has 0 radical (unpaired) electrons. The molecule has 0 aliphatic heterocycles. The Kier molecular flexibility index (Phi) is 5.12. The molecule has 20 heavy (non-hydrogen) atoms. The molecule has 1 aliphatic carbocycles. The van der Waals surface area contributed by atoms with Gasteiger partial charge in [-0.3, -0.25) is 10.1 Å². The molecule has 1 aromatic carbocycles. The van der Waals surface area contributed by atoms with Gasteiger partial charge in [0.05, 0.1) is 6.04 Å². The molecule has 1 aliphatic rings. The van der Waals surface area contributed by atoms with E-state index < -0.39 is 0 Å². The van der Waals surface area contributed by atoms with Gasteiger partial charge in [-0.2, -0.15) is 0 Å². The van der Waals surface area contributed by atoms with E-state index in [1.165, 1.54) is 25.0 Å². The molecule has 0 spiro atoms. The molecule has 1 amide bonds. The molecule has 1 unspecified atom stereocenters. The Hall–Kier alpha value is -1.42. The third-order valence-corrected chi connectivity index (χ3v) is 3.96. The minimum atomic E-state index is -0.254. The Morgan fingerprint density at radius 1 is 1.20 bits per heavy atom. The van der Waals surface area contributed by atoms with Crippen molar-refractivity contribution in [1.29, 1.82) is 0 Å². The lowest BCUT2D eigenvalue weighted by molar-refractivity contribution is -0.123. The fraction of sp³-hybridized carbons (Fsp3) is 0.562. The summed E-state index contributed by atoms with van der Waals surface area (Å²) >= 11 is 0. The molecule has 2 N–H and O–H groups in total. The smallest absolute Gasteiger partial charge is 0.237 e. The van der Waals surface area contributed by atoms with Gasteiger partial charge in [0.25, 0.3) is 0 Å². The van der Waals surface area contributed by atoms with Gasteiger partial charge in [-0.1, -0.05) is 25.0 Å². The number of carbonyl (C=O) groups is 1. The quantitative estimate of drug-likeness (QED) is 0.869. The zero-order valence-corrected chi connectivity index (χ0v) is 12.2. The maximum Gasteiger partial charge on any atom is 0.237 e. The molecule has 0 saturated heterocycles. The molecule has 1 aromatic rings. The number of nitrogens with one attached hydrogen (secondary N) is 2. The molecule has 1 fully saturated rings. The van der Waals surface area contributed by atoms with Crippen LogP contribution in [-0.2, 0) is 4.79 Å². The van der Waals surface area contributed by atoms with Crippen LogP contribution in [0.2, 0.25) is 0 Å². The number of amides is 1. The van der Waals surface area contributed by atoms with E-state index in [4.69, 9.17) is 0 Å². The lowest BCUT2D eigenvalue weighted by Crippen LogP contribution is -2.46. The van der Waals surface area contributed by atoms with Crippen LogP contribution in [0.15, 0.2) is 24.3 Å². The van der Waals surface area contributed by atoms with E-state index in [1.54, 1.807) is 12.1 Å². The number of rotatable bonds is 5. The number of benzene rings is 1. The molecule has 1 saturated carbocycles. The average molecular weight is 278 g/mol. The van der Waals surface area contributed by atoms with Crippen molar-refractivity contribution >= 4 is 5.91 Å². The molecule has 3 nitrogen and oxygen atoms in total. The normalized spacial score (nSPS) is 18.8. The van der Waals surface area contributed by atoms with Gasteiger partial charge in [0.2, 0.25) is 5.91 Å². The monoisotopic (exact) mass is 278 g/mol. The van der Waals surface area contributed by atoms with Crippen molar-refractivity contribution in [3.8, 4) is 0 Å². The van der Waals surface area contributed by atoms with E-state index in [9.17, 15) is 9.18 Å². The van der Waals surface area contributed by atoms with E-state index in [-0.39, 0.29) is 23.8 Å². The molecule has 2 atom stereocenters. The van der Waals surface area contributed by atoms with Crippen LogP contribution in [0, 0.1) is 5.82 Å². The minimum Gasteiger partial charge on any atom is -0.352 e. The molecule has 110 valence electrons. The van der Waals surface area contributed by atoms with Crippen LogP contribution in [0.5, 0.6) is 0 Å². The highest BCUT2D eigenvalue weighted by Crippen LogP contribution is 2.18. The average Bonchev–Trinajstić information content (AvgIpc) is 2.92.